The number of benzene rings is 1. The van der Waals surface area contributed by atoms with Crippen LogP contribution in [0.2, 0.25) is 0 Å². The van der Waals surface area contributed by atoms with Crippen LogP contribution >= 0.6 is 11.3 Å². The quantitative estimate of drug-likeness (QED) is 0.535. The van der Waals surface area contributed by atoms with E-state index in [-0.39, 0.29) is 0 Å². The van der Waals surface area contributed by atoms with Crippen LogP contribution in [0.3, 0.4) is 0 Å². The molecule has 29 heavy (non-hydrogen) atoms. The Morgan fingerprint density at radius 1 is 1.00 bits per heavy atom. The van der Waals surface area contributed by atoms with E-state index in [1.807, 2.05) is 30.7 Å². The van der Waals surface area contributed by atoms with Crippen LogP contribution in [0.5, 0.6) is 0 Å². The Hall–Kier alpha value is -3.03. The van der Waals surface area contributed by atoms with E-state index in [0.29, 0.717) is 0 Å². The second-order valence-corrected chi connectivity index (χ2v) is 8.11. The fourth-order valence-corrected chi connectivity index (χ4v) is 4.36. The molecule has 0 bridgehead atoms. The molecular formula is C22H21N5OS. The van der Waals surface area contributed by atoms with Gasteiger partial charge in [0.05, 0.1) is 35.3 Å². The number of thiazole rings is 1. The second kappa shape index (κ2) is 7.77. The molecule has 1 aliphatic rings. The molecule has 5 rings (SSSR count). The Balaban J connectivity index is 1.35. The van der Waals surface area contributed by atoms with Gasteiger partial charge in [0.1, 0.15) is 5.82 Å². The molecule has 1 saturated heterocycles. The lowest BCUT2D eigenvalue weighted by Crippen LogP contribution is -2.36. The molecule has 0 atom stereocenters. The number of rotatable bonds is 4. The summed E-state index contributed by atoms with van der Waals surface area (Å²) in [6, 6.07) is 12.6. The lowest BCUT2D eigenvalue weighted by molar-refractivity contribution is 0.122. The molecule has 1 fully saturated rings. The Morgan fingerprint density at radius 3 is 2.69 bits per heavy atom. The minimum absolute atomic E-state index is 0.758. The van der Waals surface area contributed by atoms with Gasteiger partial charge in [0, 0.05) is 31.0 Å². The highest BCUT2D eigenvalue weighted by atomic mass is 32.1. The number of pyridine rings is 2. The summed E-state index contributed by atoms with van der Waals surface area (Å²) in [5.74, 6) is 0.986. The zero-order valence-electron chi connectivity index (χ0n) is 16.1. The number of aryl methyl sites for hydroxylation is 1. The first-order chi connectivity index (χ1) is 14.2. The first-order valence-corrected chi connectivity index (χ1v) is 10.4. The smallest absolute Gasteiger partial charge is 0.188 e. The molecule has 1 N–H and O–H groups in total. The maximum absolute atomic E-state index is 5.40. The SMILES string of the molecule is Cc1cncc(-c2ccc3nc(Nc4ccc(N5CCOCC5)nc4)sc3c2)c1. The highest BCUT2D eigenvalue weighted by molar-refractivity contribution is 7.22. The topological polar surface area (TPSA) is 63.2 Å². The fraction of sp³-hybridized carbons (Fsp3) is 0.227. The summed E-state index contributed by atoms with van der Waals surface area (Å²) in [5.41, 5.74) is 5.35. The van der Waals surface area contributed by atoms with E-state index in [9.17, 15) is 0 Å². The van der Waals surface area contributed by atoms with Gasteiger partial charge in [-0.05, 0) is 48.4 Å². The molecule has 146 valence electrons. The summed E-state index contributed by atoms with van der Waals surface area (Å²) in [6.07, 6.45) is 5.63. The summed E-state index contributed by atoms with van der Waals surface area (Å²) in [7, 11) is 0. The van der Waals surface area contributed by atoms with Gasteiger partial charge in [0.2, 0.25) is 0 Å². The molecule has 0 aliphatic carbocycles. The van der Waals surface area contributed by atoms with Crippen molar-refractivity contribution in [1.82, 2.24) is 15.0 Å². The van der Waals surface area contributed by atoms with Gasteiger partial charge in [-0.1, -0.05) is 17.4 Å². The van der Waals surface area contributed by atoms with Crippen molar-refractivity contribution in [3.05, 3.63) is 60.6 Å². The van der Waals surface area contributed by atoms with Crippen LogP contribution < -0.4 is 10.2 Å². The lowest BCUT2D eigenvalue weighted by Gasteiger charge is -2.27. The fourth-order valence-electron chi connectivity index (χ4n) is 3.43. The van der Waals surface area contributed by atoms with Crippen molar-refractivity contribution in [2.75, 3.05) is 36.5 Å². The van der Waals surface area contributed by atoms with Gasteiger partial charge in [0.15, 0.2) is 5.13 Å². The average molecular weight is 404 g/mol. The van der Waals surface area contributed by atoms with Crippen LogP contribution in [0.15, 0.2) is 55.0 Å². The summed E-state index contributed by atoms with van der Waals surface area (Å²) in [5, 5.41) is 4.24. The van der Waals surface area contributed by atoms with Crippen LogP contribution in [0.1, 0.15) is 5.56 Å². The Kier molecular flexibility index (Phi) is 4.83. The predicted octanol–water partition coefficient (Wildman–Crippen LogP) is 4.64. The van der Waals surface area contributed by atoms with Gasteiger partial charge in [0.25, 0.3) is 0 Å². The van der Waals surface area contributed by atoms with E-state index in [1.165, 1.54) is 0 Å². The molecule has 3 aromatic heterocycles. The van der Waals surface area contributed by atoms with Gasteiger partial charge in [-0.25, -0.2) is 9.97 Å². The molecule has 1 aliphatic heterocycles. The minimum Gasteiger partial charge on any atom is -0.378 e. The number of nitrogens with zero attached hydrogens (tertiary/aromatic N) is 4. The van der Waals surface area contributed by atoms with Crippen molar-refractivity contribution in [2.45, 2.75) is 6.92 Å². The van der Waals surface area contributed by atoms with Crippen molar-refractivity contribution >= 4 is 38.2 Å². The normalized spacial score (nSPS) is 14.3. The molecule has 0 unspecified atom stereocenters. The Labute approximate surface area is 173 Å². The number of nitrogens with one attached hydrogen (secondary N) is 1. The number of hydrogen-bond donors (Lipinski definition) is 1. The molecule has 7 heteroatoms. The maximum atomic E-state index is 5.40. The first-order valence-electron chi connectivity index (χ1n) is 9.63. The van der Waals surface area contributed by atoms with Gasteiger partial charge >= 0.3 is 0 Å². The maximum Gasteiger partial charge on any atom is 0.188 e. The summed E-state index contributed by atoms with van der Waals surface area (Å²) < 4.78 is 6.55. The number of hydrogen-bond acceptors (Lipinski definition) is 7. The third-order valence-corrected chi connectivity index (χ3v) is 5.86. The summed E-state index contributed by atoms with van der Waals surface area (Å²) in [6.45, 7) is 5.34. The molecule has 0 spiro atoms. The van der Waals surface area contributed by atoms with Crippen LogP contribution in [-0.4, -0.2) is 41.3 Å². The van der Waals surface area contributed by atoms with Crippen LogP contribution in [0.25, 0.3) is 21.3 Å². The standard InChI is InChI=1S/C22H21N5OS/c1-15-10-17(13-23-12-15)16-2-4-19-20(11-16)29-22(26-19)25-18-3-5-21(24-14-18)27-6-8-28-9-7-27/h2-5,10-14H,6-9H2,1H3,(H,25,26). The second-order valence-electron chi connectivity index (χ2n) is 7.08. The molecule has 6 nitrogen and oxygen atoms in total. The van der Waals surface area contributed by atoms with E-state index in [4.69, 9.17) is 9.72 Å². The lowest BCUT2D eigenvalue weighted by atomic mass is 10.1. The number of morpholine rings is 1. The summed E-state index contributed by atoms with van der Waals surface area (Å²) >= 11 is 1.64. The number of fused-ring (bicyclic) bond motifs is 1. The van der Waals surface area contributed by atoms with Crippen LogP contribution in [0, 0.1) is 6.92 Å². The number of aromatic nitrogens is 3. The Morgan fingerprint density at radius 2 is 1.90 bits per heavy atom. The van der Waals surface area contributed by atoms with E-state index < -0.39 is 0 Å². The van der Waals surface area contributed by atoms with E-state index in [0.717, 1.165) is 69.8 Å². The Bertz CT molecular complexity index is 1140. The predicted molar refractivity (Wildman–Crippen MR) is 118 cm³/mol. The van der Waals surface area contributed by atoms with Gasteiger partial charge < -0.3 is 15.0 Å². The molecule has 0 saturated carbocycles. The van der Waals surface area contributed by atoms with Gasteiger partial charge in [-0.2, -0.15) is 0 Å². The molecule has 1 aromatic carbocycles. The molecule has 4 heterocycles. The molecule has 0 radical (unpaired) electrons. The monoisotopic (exact) mass is 403 g/mol. The zero-order valence-corrected chi connectivity index (χ0v) is 16.9. The number of ether oxygens (including phenoxy) is 1. The number of anilines is 3. The van der Waals surface area contributed by atoms with Crippen molar-refractivity contribution < 1.29 is 4.74 Å². The zero-order chi connectivity index (χ0) is 19.6. The average Bonchev–Trinajstić information content (AvgIpc) is 3.16. The highest BCUT2D eigenvalue weighted by Gasteiger charge is 2.12. The summed E-state index contributed by atoms with van der Waals surface area (Å²) in [4.78, 5) is 15.8. The van der Waals surface area contributed by atoms with Crippen molar-refractivity contribution in [2.24, 2.45) is 0 Å². The minimum atomic E-state index is 0.758. The third kappa shape index (κ3) is 3.92. The highest BCUT2D eigenvalue weighted by Crippen LogP contribution is 2.32. The molecule has 0 amide bonds. The van der Waals surface area contributed by atoms with Crippen molar-refractivity contribution in [3.8, 4) is 11.1 Å². The van der Waals surface area contributed by atoms with Crippen LogP contribution in [-0.2, 0) is 4.74 Å². The van der Waals surface area contributed by atoms with E-state index >= 15 is 0 Å². The molecular weight excluding hydrogens is 382 g/mol. The van der Waals surface area contributed by atoms with Gasteiger partial charge in [-0.15, -0.1) is 0 Å². The first kappa shape index (κ1) is 18.0. The van der Waals surface area contributed by atoms with Gasteiger partial charge in [-0.3, -0.25) is 4.98 Å². The van der Waals surface area contributed by atoms with Crippen molar-refractivity contribution in [3.63, 3.8) is 0 Å². The molecule has 4 aromatic rings. The van der Waals surface area contributed by atoms with Crippen molar-refractivity contribution in [1.29, 1.82) is 0 Å². The largest absolute Gasteiger partial charge is 0.378 e. The third-order valence-electron chi connectivity index (χ3n) is 4.93. The van der Waals surface area contributed by atoms with E-state index in [2.05, 4.69) is 51.4 Å². The van der Waals surface area contributed by atoms with E-state index in [1.54, 1.807) is 11.3 Å². The van der Waals surface area contributed by atoms with Crippen LogP contribution in [0.4, 0.5) is 16.6 Å².